The van der Waals surface area contributed by atoms with E-state index in [-0.39, 0.29) is 24.6 Å². The van der Waals surface area contributed by atoms with E-state index in [1.807, 2.05) is 0 Å². The molecule has 1 aliphatic heterocycles. The molecule has 2 aromatic rings. The number of carboxylic acids is 1. The number of benzene rings is 2. The van der Waals surface area contributed by atoms with Crippen molar-refractivity contribution >= 4 is 29.2 Å². The third-order valence-electron chi connectivity index (χ3n) is 4.47. The molecule has 7 nitrogen and oxygen atoms in total. The molecular weight excluding hydrogens is 405 g/mol. The first-order valence-electron chi connectivity index (χ1n) is 8.86. The summed E-state index contributed by atoms with van der Waals surface area (Å²) in [6.45, 7) is -0.354. The van der Waals surface area contributed by atoms with Gasteiger partial charge in [0.05, 0.1) is 11.5 Å². The lowest BCUT2D eigenvalue weighted by Crippen LogP contribution is -2.25. The van der Waals surface area contributed by atoms with Gasteiger partial charge in [0.1, 0.15) is 5.75 Å². The van der Waals surface area contributed by atoms with Gasteiger partial charge >= 0.3 is 12.1 Å². The predicted molar refractivity (Wildman–Crippen MR) is 100 cm³/mol. The summed E-state index contributed by atoms with van der Waals surface area (Å²) >= 11 is 0. The van der Waals surface area contributed by atoms with Gasteiger partial charge in [-0.3, -0.25) is 14.4 Å². The van der Waals surface area contributed by atoms with Gasteiger partial charge in [0, 0.05) is 24.3 Å². The molecule has 0 aromatic heterocycles. The van der Waals surface area contributed by atoms with Crippen molar-refractivity contribution in [2.75, 3.05) is 23.4 Å². The van der Waals surface area contributed by atoms with Gasteiger partial charge < -0.3 is 20.1 Å². The van der Waals surface area contributed by atoms with Crippen LogP contribution in [-0.4, -0.2) is 36.0 Å². The van der Waals surface area contributed by atoms with Gasteiger partial charge in [-0.2, -0.15) is 13.2 Å². The molecule has 1 atom stereocenters. The fraction of sp³-hybridized carbons (Fsp3) is 0.250. The van der Waals surface area contributed by atoms with E-state index in [2.05, 4.69) is 5.32 Å². The van der Waals surface area contributed by atoms with Gasteiger partial charge in [0.2, 0.25) is 5.91 Å². The van der Waals surface area contributed by atoms with Crippen molar-refractivity contribution in [2.45, 2.75) is 12.6 Å². The molecule has 10 heteroatoms. The fourth-order valence-corrected chi connectivity index (χ4v) is 2.96. The largest absolute Gasteiger partial charge is 0.484 e. The maximum absolute atomic E-state index is 12.7. The molecule has 2 amide bonds. The summed E-state index contributed by atoms with van der Waals surface area (Å²) in [5, 5.41) is 11.4. The quantitative estimate of drug-likeness (QED) is 0.746. The number of ether oxygens (including phenoxy) is 1. The molecule has 1 fully saturated rings. The van der Waals surface area contributed by atoms with E-state index in [4.69, 9.17) is 9.84 Å². The lowest BCUT2D eigenvalue weighted by molar-refractivity contribution is -0.141. The highest BCUT2D eigenvalue weighted by Gasteiger charge is 2.35. The van der Waals surface area contributed by atoms with E-state index < -0.39 is 36.1 Å². The van der Waals surface area contributed by atoms with E-state index in [9.17, 15) is 27.6 Å². The second-order valence-electron chi connectivity index (χ2n) is 6.65. The van der Waals surface area contributed by atoms with Crippen LogP contribution < -0.4 is 15.0 Å². The molecule has 2 aromatic carbocycles. The standard InChI is InChI=1S/C20H17F3N2O5/c21-20(22,23)13-2-1-3-14(9-13)24-17(26)11-30-16-6-4-15(5-7-16)25-10-12(19(28)29)8-18(25)27/h1-7,9,12H,8,10-11H2,(H,24,26)(H,28,29). The summed E-state index contributed by atoms with van der Waals surface area (Å²) in [7, 11) is 0. The van der Waals surface area contributed by atoms with Gasteiger partial charge in [0.25, 0.3) is 5.91 Å². The summed E-state index contributed by atoms with van der Waals surface area (Å²) in [5.74, 6) is -2.42. The molecule has 0 saturated carbocycles. The lowest BCUT2D eigenvalue weighted by Gasteiger charge is -2.16. The molecule has 3 rings (SSSR count). The second-order valence-corrected chi connectivity index (χ2v) is 6.65. The molecule has 158 valence electrons. The normalized spacial score (nSPS) is 16.4. The minimum atomic E-state index is -4.51. The van der Waals surface area contributed by atoms with Crippen LogP contribution in [0.2, 0.25) is 0 Å². The Morgan fingerprint density at radius 2 is 1.87 bits per heavy atom. The second kappa shape index (κ2) is 8.44. The third kappa shape index (κ3) is 5.07. The summed E-state index contributed by atoms with van der Waals surface area (Å²) < 4.78 is 43.4. The molecule has 1 heterocycles. The monoisotopic (exact) mass is 422 g/mol. The Morgan fingerprint density at radius 1 is 1.17 bits per heavy atom. The number of carbonyl (C=O) groups excluding carboxylic acids is 2. The van der Waals surface area contributed by atoms with Crippen molar-refractivity contribution in [3.05, 3.63) is 54.1 Å². The highest BCUT2D eigenvalue weighted by molar-refractivity contribution is 5.99. The van der Waals surface area contributed by atoms with Crippen LogP contribution >= 0.6 is 0 Å². The van der Waals surface area contributed by atoms with Crippen molar-refractivity contribution in [3.8, 4) is 5.75 Å². The van der Waals surface area contributed by atoms with E-state index in [1.165, 1.54) is 29.2 Å². The van der Waals surface area contributed by atoms with Gasteiger partial charge in [-0.25, -0.2) is 0 Å². The highest BCUT2D eigenvalue weighted by Crippen LogP contribution is 2.31. The van der Waals surface area contributed by atoms with Crippen LogP contribution in [0.15, 0.2) is 48.5 Å². The summed E-state index contributed by atoms with van der Waals surface area (Å²) in [5.41, 5.74) is -0.378. The molecule has 1 saturated heterocycles. The third-order valence-corrected chi connectivity index (χ3v) is 4.47. The van der Waals surface area contributed by atoms with Gasteiger partial charge in [0.15, 0.2) is 6.61 Å². The molecular formula is C20H17F3N2O5. The molecule has 1 unspecified atom stereocenters. The minimum absolute atomic E-state index is 0.00527. The highest BCUT2D eigenvalue weighted by atomic mass is 19.4. The Kier molecular flexibility index (Phi) is 5.95. The average molecular weight is 422 g/mol. The van der Waals surface area contributed by atoms with Crippen molar-refractivity contribution in [1.29, 1.82) is 0 Å². The number of anilines is 2. The number of rotatable bonds is 6. The Morgan fingerprint density at radius 3 is 2.47 bits per heavy atom. The van der Waals surface area contributed by atoms with Gasteiger partial charge in [-0.05, 0) is 42.5 Å². The number of carboxylic acid groups (broad SMARTS) is 1. The maximum Gasteiger partial charge on any atom is 0.416 e. The average Bonchev–Trinajstić information content (AvgIpc) is 3.08. The smallest absolute Gasteiger partial charge is 0.416 e. The topological polar surface area (TPSA) is 95.9 Å². The zero-order chi connectivity index (χ0) is 21.9. The van der Waals surface area contributed by atoms with Crippen LogP contribution in [0.25, 0.3) is 0 Å². The van der Waals surface area contributed by atoms with Gasteiger partial charge in [-0.1, -0.05) is 6.07 Å². The van der Waals surface area contributed by atoms with Crippen LogP contribution in [0.3, 0.4) is 0 Å². The Balaban J connectivity index is 1.55. The van der Waals surface area contributed by atoms with Crippen molar-refractivity contribution in [2.24, 2.45) is 5.92 Å². The molecule has 0 spiro atoms. The molecule has 30 heavy (non-hydrogen) atoms. The van der Waals surface area contributed by atoms with Crippen molar-refractivity contribution in [3.63, 3.8) is 0 Å². The SMILES string of the molecule is O=C(COc1ccc(N2CC(C(=O)O)CC2=O)cc1)Nc1cccc(C(F)(F)F)c1. The van der Waals surface area contributed by atoms with E-state index in [1.54, 1.807) is 12.1 Å². The first kappa shape index (κ1) is 21.2. The summed E-state index contributed by atoms with van der Waals surface area (Å²) in [4.78, 5) is 36.3. The molecule has 0 aliphatic carbocycles. The summed E-state index contributed by atoms with van der Waals surface area (Å²) in [6, 6.07) is 10.4. The maximum atomic E-state index is 12.7. The molecule has 0 bridgehead atoms. The number of halogens is 3. The first-order valence-corrected chi connectivity index (χ1v) is 8.86. The van der Waals surface area contributed by atoms with Crippen molar-refractivity contribution < 1.29 is 37.4 Å². The number of aliphatic carboxylic acids is 1. The van der Waals surface area contributed by atoms with E-state index >= 15 is 0 Å². The Labute approximate surface area is 169 Å². The van der Waals surface area contributed by atoms with Crippen molar-refractivity contribution in [1.82, 2.24) is 0 Å². The number of amides is 2. The van der Waals surface area contributed by atoms with E-state index in [0.29, 0.717) is 11.4 Å². The number of hydrogen-bond acceptors (Lipinski definition) is 4. The molecule has 2 N–H and O–H groups in total. The lowest BCUT2D eigenvalue weighted by atomic mass is 10.1. The number of alkyl halides is 3. The van der Waals surface area contributed by atoms with Crippen LogP contribution in [-0.2, 0) is 20.6 Å². The number of nitrogens with zero attached hydrogens (tertiary/aromatic N) is 1. The number of nitrogens with one attached hydrogen (secondary N) is 1. The van der Waals surface area contributed by atoms with Gasteiger partial charge in [-0.15, -0.1) is 0 Å². The first-order chi connectivity index (χ1) is 14.1. The van der Waals surface area contributed by atoms with Crippen LogP contribution in [0, 0.1) is 5.92 Å². The number of hydrogen-bond donors (Lipinski definition) is 2. The fourth-order valence-electron chi connectivity index (χ4n) is 2.96. The molecule has 0 radical (unpaired) electrons. The number of carbonyl (C=O) groups is 3. The minimum Gasteiger partial charge on any atom is -0.484 e. The zero-order valence-electron chi connectivity index (χ0n) is 15.5. The Hall–Kier alpha value is -3.56. The molecule has 1 aliphatic rings. The van der Waals surface area contributed by atoms with Crippen LogP contribution in [0.4, 0.5) is 24.5 Å². The predicted octanol–water partition coefficient (Wildman–Crippen LogP) is 3.16. The van der Waals surface area contributed by atoms with Crippen LogP contribution in [0.1, 0.15) is 12.0 Å². The van der Waals surface area contributed by atoms with Crippen LogP contribution in [0.5, 0.6) is 5.75 Å². The van der Waals surface area contributed by atoms with E-state index in [0.717, 1.165) is 12.1 Å². The summed E-state index contributed by atoms with van der Waals surface area (Å²) in [6.07, 6.45) is -4.58. The Bertz CT molecular complexity index is 960. The zero-order valence-corrected chi connectivity index (χ0v) is 15.5.